The summed E-state index contributed by atoms with van der Waals surface area (Å²) in [6, 6.07) is 6.23. The van der Waals surface area contributed by atoms with Crippen molar-refractivity contribution in [3.63, 3.8) is 0 Å². The third-order valence-electron chi connectivity index (χ3n) is 3.18. The summed E-state index contributed by atoms with van der Waals surface area (Å²) in [5.41, 5.74) is 2.09. The van der Waals surface area contributed by atoms with Crippen LogP contribution < -0.4 is 14.8 Å². The molecule has 0 amide bonds. The van der Waals surface area contributed by atoms with Crippen LogP contribution in [0.3, 0.4) is 0 Å². The number of rotatable bonds is 7. The van der Waals surface area contributed by atoms with E-state index in [-0.39, 0.29) is 5.92 Å². The Hall–Kier alpha value is -1.73. The van der Waals surface area contributed by atoms with Gasteiger partial charge in [-0.2, -0.15) is 5.26 Å². The molecule has 0 radical (unpaired) electrons. The molecular formula is C15H22N2O2. The average Bonchev–Trinajstić information content (AvgIpc) is 2.44. The number of nitrogens with zero attached hydrogens (tertiary/aromatic N) is 1. The molecule has 0 saturated carbocycles. The molecule has 4 heteroatoms. The van der Waals surface area contributed by atoms with Crippen molar-refractivity contribution < 1.29 is 9.47 Å². The minimum atomic E-state index is 0.0540. The Morgan fingerprint density at radius 2 is 1.95 bits per heavy atom. The van der Waals surface area contributed by atoms with Crippen LogP contribution in [0.1, 0.15) is 24.5 Å². The van der Waals surface area contributed by atoms with Crippen LogP contribution in [0.5, 0.6) is 11.5 Å². The first-order chi connectivity index (χ1) is 9.15. The Labute approximate surface area is 115 Å². The van der Waals surface area contributed by atoms with Gasteiger partial charge in [0.15, 0.2) is 0 Å². The molecule has 1 atom stereocenters. The minimum absolute atomic E-state index is 0.0540. The number of ether oxygens (including phenoxy) is 2. The molecule has 19 heavy (non-hydrogen) atoms. The largest absolute Gasteiger partial charge is 0.496 e. The van der Waals surface area contributed by atoms with Crippen LogP contribution in [0.2, 0.25) is 0 Å². The van der Waals surface area contributed by atoms with Gasteiger partial charge >= 0.3 is 0 Å². The van der Waals surface area contributed by atoms with Crippen molar-refractivity contribution in [2.45, 2.75) is 26.8 Å². The summed E-state index contributed by atoms with van der Waals surface area (Å²) < 4.78 is 10.7. The van der Waals surface area contributed by atoms with E-state index in [1.165, 1.54) is 0 Å². The molecule has 0 saturated heterocycles. The van der Waals surface area contributed by atoms with Gasteiger partial charge in [0.1, 0.15) is 11.5 Å². The highest BCUT2D eigenvalue weighted by molar-refractivity contribution is 5.45. The smallest absolute Gasteiger partial charge is 0.123 e. The molecule has 0 aliphatic heterocycles. The number of aryl methyl sites for hydroxylation is 1. The molecule has 0 aliphatic rings. The molecule has 0 aromatic heterocycles. The maximum absolute atomic E-state index is 8.91. The monoisotopic (exact) mass is 262 g/mol. The molecule has 0 spiro atoms. The van der Waals surface area contributed by atoms with Gasteiger partial charge in [-0.3, -0.25) is 0 Å². The minimum Gasteiger partial charge on any atom is -0.496 e. The van der Waals surface area contributed by atoms with Crippen LogP contribution in [-0.2, 0) is 6.54 Å². The summed E-state index contributed by atoms with van der Waals surface area (Å²) in [6.45, 7) is 5.36. The maximum atomic E-state index is 8.91. The Kier molecular flexibility index (Phi) is 6.17. The van der Waals surface area contributed by atoms with Crippen molar-refractivity contribution >= 4 is 0 Å². The van der Waals surface area contributed by atoms with Gasteiger partial charge in [-0.1, -0.05) is 6.92 Å². The average molecular weight is 262 g/mol. The van der Waals surface area contributed by atoms with Crippen molar-refractivity contribution in [1.82, 2.24) is 5.32 Å². The zero-order valence-electron chi connectivity index (χ0n) is 12.1. The van der Waals surface area contributed by atoms with Gasteiger partial charge in [0, 0.05) is 18.7 Å². The summed E-state index contributed by atoms with van der Waals surface area (Å²) >= 11 is 0. The number of nitrogens with one attached hydrogen (secondary N) is 1. The lowest BCUT2D eigenvalue weighted by Crippen LogP contribution is -2.21. The first-order valence-corrected chi connectivity index (χ1v) is 6.48. The molecule has 1 aromatic carbocycles. The fraction of sp³-hybridized carbons (Fsp3) is 0.533. The molecule has 1 rings (SSSR count). The molecule has 104 valence electrons. The number of hydrogen-bond donors (Lipinski definition) is 1. The number of nitriles is 1. The maximum Gasteiger partial charge on any atom is 0.123 e. The van der Waals surface area contributed by atoms with Crippen LogP contribution in [0, 0.1) is 24.2 Å². The SMILES string of the molecule is CCC(C#N)CNCc1cc(OC)c(C)cc1OC. The fourth-order valence-corrected chi connectivity index (χ4v) is 1.91. The van der Waals surface area contributed by atoms with E-state index in [2.05, 4.69) is 11.4 Å². The normalized spacial score (nSPS) is 11.7. The Morgan fingerprint density at radius 3 is 2.47 bits per heavy atom. The second kappa shape index (κ2) is 7.65. The molecule has 1 aromatic rings. The van der Waals surface area contributed by atoms with E-state index in [0.29, 0.717) is 13.1 Å². The Balaban J connectivity index is 2.74. The van der Waals surface area contributed by atoms with Gasteiger partial charge in [0.25, 0.3) is 0 Å². The van der Waals surface area contributed by atoms with Gasteiger partial charge in [0.05, 0.1) is 26.2 Å². The topological polar surface area (TPSA) is 54.3 Å². The third kappa shape index (κ3) is 4.15. The second-order valence-corrected chi connectivity index (χ2v) is 4.50. The lowest BCUT2D eigenvalue weighted by Gasteiger charge is -2.14. The fourth-order valence-electron chi connectivity index (χ4n) is 1.91. The molecule has 1 N–H and O–H groups in total. The zero-order valence-corrected chi connectivity index (χ0v) is 12.1. The van der Waals surface area contributed by atoms with E-state index in [1.807, 2.05) is 26.0 Å². The summed E-state index contributed by atoms with van der Waals surface area (Å²) in [5.74, 6) is 1.75. The van der Waals surface area contributed by atoms with E-state index < -0.39 is 0 Å². The first kappa shape index (κ1) is 15.3. The van der Waals surface area contributed by atoms with Gasteiger partial charge in [-0.15, -0.1) is 0 Å². The van der Waals surface area contributed by atoms with Crippen molar-refractivity contribution in [2.75, 3.05) is 20.8 Å². The predicted molar refractivity (Wildman–Crippen MR) is 75.4 cm³/mol. The number of hydrogen-bond acceptors (Lipinski definition) is 4. The predicted octanol–water partition coefficient (Wildman–Crippen LogP) is 2.65. The summed E-state index contributed by atoms with van der Waals surface area (Å²) in [4.78, 5) is 0. The lowest BCUT2D eigenvalue weighted by atomic mass is 10.1. The summed E-state index contributed by atoms with van der Waals surface area (Å²) in [7, 11) is 3.32. The van der Waals surface area contributed by atoms with E-state index in [4.69, 9.17) is 14.7 Å². The van der Waals surface area contributed by atoms with Crippen molar-refractivity contribution in [3.05, 3.63) is 23.3 Å². The van der Waals surface area contributed by atoms with Crippen LogP contribution in [0.4, 0.5) is 0 Å². The molecule has 0 aliphatic carbocycles. The number of benzene rings is 1. The highest BCUT2D eigenvalue weighted by Gasteiger charge is 2.09. The van der Waals surface area contributed by atoms with Gasteiger partial charge in [-0.05, 0) is 31.0 Å². The quantitative estimate of drug-likeness (QED) is 0.820. The zero-order chi connectivity index (χ0) is 14.3. The van der Waals surface area contributed by atoms with Crippen LogP contribution in [0.15, 0.2) is 12.1 Å². The van der Waals surface area contributed by atoms with Crippen LogP contribution in [-0.4, -0.2) is 20.8 Å². The molecule has 0 fully saturated rings. The van der Waals surface area contributed by atoms with Crippen molar-refractivity contribution in [3.8, 4) is 17.6 Å². The molecule has 0 bridgehead atoms. The summed E-state index contributed by atoms with van der Waals surface area (Å²) in [5, 5.41) is 12.2. The van der Waals surface area contributed by atoms with Gasteiger partial charge in [0.2, 0.25) is 0 Å². The van der Waals surface area contributed by atoms with E-state index >= 15 is 0 Å². The van der Waals surface area contributed by atoms with Gasteiger partial charge < -0.3 is 14.8 Å². The van der Waals surface area contributed by atoms with Crippen LogP contribution in [0.25, 0.3) is 0 Å². The van der Waals surface area contributed by atoms with Crippen molar-refractivity contribution in [1.29, 1.82) is 5.26 Å². The van der Waals surface area contributed by atoms with E-state index in [0.717, 1.165) is 29.0 Å². The van der Waals surface area contributed by atoms with Crippen molar-refractivity contribution in [2.24, 2.45) is 5.92 Å². The molecular weight excluding hydrogens is 240 g/mol. The molecule has 0 heterocycles. The Bertz CT molecular complexity index is 452. The Morgan fingerprint density at radius 1 is 1.26 bits per heavy atom. The molecule has 4 nitrogen and oxygen atoms in total. The third-order valence-corrected chi connectivity index (χ3v) is 3.18. The highest BCUT2D eigenvalue weighted by Crippen LogP contribution is 2.28. The summed E-state index contributed by atoms with van der Waals surface area (Å²) in [6.07, 6.45) is 0.859. The first-order valence-electron chi connectivity index (χ1n) is 6.48. The lowest BCUT2D eigenvalue weighted by molar-refractivity contribution is 0.394. The van der Waals surface area contributed by atoms with Crippen LogP contribution >= 0.6 is 0 Å². The standard InChI is InChI=1S/C15H22N2O2/c1-5-12(8-16)9-17-10-13-7-14(18-3)11(2)6-15(13)19-4/h6-7,12,17H,5,9-10H2,1-4H3. The van der Waals surface area contributed by atoms with Gasteiger partial charge in [-0.25, -0.2) is 0 Å². The molecule has 1 unspecified atom stereocenters. The number of methoxy groups -OCH3 is 2. The highest BCUT2D eigenvalue weighted by atomic mass is 16.5. The van der Waals surface area contributed by atoms with E-state index in [1.54, 1.807) is 14.2 Å². The second-order valence-electron chi connectivity index (χ2n) is 4.50. The van der Waals surface area contributed by atoms with E-state index in [9.17, 15) is 0 Å².